The summed E-state index contributed by atoms with van der Waals surface area (Å²) in [4.78, 5) is 35.1. The number of carbonyl (C=O) groups is 2. The van der Waals surface area contributed by atoms with Crippen molar-refractivity contribution in [2.24, 2.45) is 0 Å². The molecule has 0 saturated heterocycles. The number of hydrogen-bond acceptors (Lipinski definition) is 3. The molecule has 0 fully saturated rings. The van der Waals surface area contributed by atoms with Crippen molar-refractivity contribution in [3.63, 3.8) is 0 Å². The van der Waals surface area contributed by atoms with Crippen LogP contribution in [0.2, 0.25) is 5.02 Å². The molecule has 0 unspecified atom stereocenters. The summed E-state index contributed by atoms with van der Waals surface area (Å²) in [6.07, 6.45) is 1.51. The first-order valence-electron chi connectivity index (χ1n) is 6.94. The average Bonchev–Trinajstić information content (AvgIpc) is 2.52. The third-order valence-electron chi connectivity index (χ3n) is 3.20. The Morgan fingerprint density at radius 1 is 1.13 bits per heavy atom. The van der Waals surface area contributed by atoms with Crippen molar-refractivity contribution in [3.05, 3.63) is 63.5 Å². The van der Waals surface area contributed by atoms with E-state index in [9.17, 15) is 14.4 Å². The van der Waals surface area contributed by atoms with E-state index in [0.29, 0.717) is 10.7 Å². The molecule has 120 valence electrons. The Hall–Kier alpha value is -2.60. The van der Waals surface area contributed by atoms with Crippen molar-refractivity contribution in [3.8, 4) is 0 Å². The summed E-state index contributed by atoms with van der Waals surface area (Å²) in [5, 5.41) is 5.69. The Labute approximate surface area is 138 Å². The highest BCUT2D eigenvalue weighted by atomic mass is 35.5. The van der Waals surface area contributed by atoms with Crippen LogP contribution in [0.25, 0.3) is 0 Å². The molecule has 2 N–H and O–H groups in total. The number of pyridine rings is 1. The number of nitrogens with zero attached hydrogens (tertiary/aromatic N) is 1. The highest BCUT2D eigenvalue weighted by Gasteiger charge is 2.09. The molecule has 1 heterocycles. The van der Waals surface area contributed by atoms with Gasteiger partial charge in [-0.2, -0.15) is 0 Å². The Kier molecular flexibility index (Phi) is 5.54. The lowest BCUT2D eigenvalue weighted by Crippen LogP contribution is -2.36. The zero-order valence-corrected chi connectivity index (χ0v) is 13.3. The van der Waals surface area contributed by atoms with E-state index < -0.39 is 5.91 Å². The number of amides is 2. The second-order valence-electron chi connectivity index (χ2n) is 4.90. The smallest absolute Gasteiger partial charge is 0.250 e. The van der Waals surface area contributed by atoms with Gasteiger partial charge in [0, 0.05) is 23.0 Å². The Morgan fingerprint density at radius 3 is 2.65 bits per heavy atom. The molecule has 23 heavy (non-hydrogen) atoms. The van der Waals surface area contributed by atoms with Gasteiger partial charge in [0.1, 0.15) is 6.54 Å². The third-order valence-corrected chi connectivity index (χ3v) is 3.61. The van der Waals surface area contributed by atoms with Crippen molar-refractivity contribution in [2.45, 2.75) is 13.5 Å². The van der Waals surface area contributed by atoms with Crippen LogP contribution in [0.15, 0.2) is 47.4 Å². The molecule has 2 aromatic rings. The summed E-state index contributed by atoms with van der Waals surface area (Å²) in [5.74, 6) is -0.791. The van der Waals surface area contributed by atoms with Crippen LogP contribution in [-0.2, 0) is 16.1 Å². The van der Waals surface area contributed by atoms with Crippen molar-refractivity contribution in [2.75, 3.05) is 11.9 Å². The van der Waals surface area contributed by atoms with Gasteiger partial charge < -0.3 is 15.2 Å². The molecule has 0 radical (unpaired) electrons. The lowest BCUT2D eigenvalue weighted by Gasteiger charge is -2.10. The van der Waals surface area contributed by atoms with Gasteiger partial charge in [0.05, 0.1) is 6.54 Å². The number of rotatable bonds is 5. The van der Waals surface area contributed by atoms with Gasteiger partial charge in [0.2, 0.25) is 11.8 Å². The zero-order valence-electron chi connectivity index (χ0n) is 12.5. The summed E-state index contributed by atoms with van der Waals surface area (Å²) in [6.45, 7) is 1.47. The highest BCUT2D eigenvalue weighted by molar-refractivity contribution is 6.31. The van der Waals surface area contributed by atoms with Gasteiger partial charge in [-0.15, -0.1) is 0 Å². The maximum atomic E-state index is 11.9. The molecule has 2 amide bonds. The molecule has 0 aliphatic heterocycles. The van der Waals surface area contributed by atoms with E-state index in [4.69, 9.17) is 11.6 Å². The lowest BCUT2D eigenvalue weighted by molar-refractivity contribution is -0.124. The number of aromatic nitrogens is 1. The quantitative estimate of drug-likeness (QED) is 0.871. The molecule has 0 saturated carbocycles. The van der Waals surface area contributed by atoms with Crippen LogP contribution in [-0.4, -0.2) is 22.9 Å². The van der Waals surface area contributed by atoms with E-state index in [1.54, 1.807) is 37.3 Å². The number of halogens is 1. The monoisotopic (exact) mass is 333 g/mol. The molecule has 7 heteroatoms. The number of nitrogens with one attached hydrogen (secondary N) is 2. The number of hydrogen-bond donors (Lipinski definition) is 2. The number of benzene rings is 1. The summed E-state index contributed by atoms with van der Waals surface area (Å²) >= 11 is 5.98. The van der Waals surface area contributed by atoms with Gasteiger partial charge in [-0.25, -0.2) is 0 Å². The molecule has 0 spiro atoms. The zero-order chi connectivity index (χ0) is 16.8. The fourth-order valence-electron chi connectivity index (χ4n) is 1.92. The first kappa shape index (κ1) is 16.8. The normalized spacial score (nSPS) is 10.2. The van der Waals surface area contributed by atoms with E-state index in [0.717, 1.165) is 5.56 Å². The number of carbonyl (C=O) groups excluding carboxylic acids is 2. The van der Waals surface area contributed by atoms with Gasteiger partial charge in [-0.05, 0) is 30.7 Å². The summed E-state index contributed by atoms with van der Waals surface area (Å²) in [5.41, 5.74) is 1.07. The van der Waals surface area contributed by atoms with Crippen LogP contribution in [0.1, 0.15) is 5.56 Å². The van der Waals surface area contributed by atoms with Crippen LogP contribution in [0.5, 0.6) is 0 Å². The maximum absolute atomic E-state index is 11.9. The lowest BCUT2D eigenvalue weighted by atomic mass is 10.2. The number of anilines is 1. The largest absolute Gasteiger partial charge is 0.345 e. The van der Waals surface area contributed by atoms with Crippen molar-refractivity contribution >= 4 is 29.1 Å². The van der Waals surface area contributed by atoms with Gasteiger partial charge in [-0.3, -0.25) is 14.4 Å². The second kappa shape index (κ2) is 7.60. The van der Waals surface area contributed by atoms with Crippen LogP contribution >= 0.6 is 11.6 Å². The Balaban J connectivity index is 1.87. The van der Waals surface area contributed by atoms with Gasteiger partial charge in [-0.1, -0.05) is 23.7 Å². The second-order valence-corrected chi connectivity index (χ2v) is 5.31. The van der Waals surface area contributed by atoms with Crippen molar-refractivity contribution in [1.29, 1.82) is 0 Å². The van der Waals surface area contributed by atoms with Gasteiger partial charge in [0.25, 0.3) is 5.56 Å². The molecule has 6 nitrogen and oxygen atoms in total. The van der Waals surface area contributed by atoms with Crippen molar-refractivity contribution in [1.82, 2.24) is 9.88 Å². The predicted octanol–water partition coefficient (Wildman–Crippen LogP) is 1.57. The highest BCUT2D eigenvalue weighted by Crippen LogP contribution is 2.22. The molecule has 2 rings (SSSR count). The van der Waals surface area contributed by atoms with Crippen LogP contribution in [0.4, 0.5) is 5.69 Å². The van der Waals surface area contributed by atoms with Gasteiger partial charge >= 0.3 is 0 Å². The molecule has 1 aromatic carbocycles. The predicted molar refractivity (Wildman–Crippen MR) is 88.5 cm³/mol. The first-order valence-corrected chi connectivity index (χ1v) is 7.32. The van der Waals surface area contributed by atoms with E-state index in [1.165, 1.54) is 16.8 Å². The molecule has 0 atom stereocenters. The fourth-order valence-corrected chi connectivity index (χ4v) is 2.09. The minimum atomic E-state index is -0.420. The maximum Gasteiger partial charge on any atom is 0.250 e. The van der Waals surface area contributed by atoms with Gasteiger partial charge in [0.15, 0.2) is 0 Å². The van der Waals surface area contributed by atoms with E-state index in [2.05, 4.69) is 10.6 Å². The average molecular weight is 334 g/mol. The Bertz CT molecular complexity index is 786. The fraction of sp³-hybridized carbons (Fsp3) is 0.188. The molecular weight excluding hydrogens is 318 g/mol. The summed E-state index contributed by atoms with van der Waals surface area (Å²) in [7, 11) is 0. The van der Waals surface area contributed by atoms with Crippen molar-refractivity contribution < 1.29 is 9.59 Å². The van der Waals surface area contributed by atoms with Crippen LogP contribution < -0.4 is 16.2 Å². The summed E-state index contributed by atoms with van der Waals surface area (Å²) in [6, 6.07) is 9.80. The van der Waals surface area contributed by atoms with Crippen LogP contribution in [0, 0.1) is 6.92 Å². The third kappa shape index (κ3) is 4.69. The SMILES string of the molecule is Cc1c(Cl)cccc1NC(=O)CNC(=O)Cn1ccccc1=O. The van der Waals surface area contributed by atoms with Crippen LogP contribution in [0.3, 0.4) is 0 Å². The topological polar surface area (TPSA) is 80.2 Å². The molecule has 1 aromatic heterocycles. The molecule has 0 bridgehead atoms. The molecule has 0 aliphatic carbocycles. The van der Waals surface area contributed by atoms with E-state index in [-0.39, 0.29) is 24.6 Å². The Morgan fingerprint density at radius 2 is 1.91 bits per heavy atom. The minimum absolute atomic E-state index is 0.136. The molecular formula is C16H16ClN3O3. The first-order chi connectivity index (χ1) is 11.0. The molecule has 0 aliphatic rings. The standard InChI is InChI=1S/C16H16ClN3O3/c1-11-12(17)5-4-6-13(11)19-14(21)9-18-15(22)10-20-8-3-2-7-16(20)23/h2-8H,9-10H2,1H3,(H,18,22)(H,19,21). The van der Waals surface area contributed by atoms with E-state index in [1.807, 2.05) is 0 Å². The van der Waals surface area contributed by atoms with E-state index >= 15 is 0 Å². The minimum Gasteiger partial charge on any atom is -0.345 e. The summed E-state index contributed by atoms with van der Waals surface area (Å²) < 4.78 is 1.26.